The summed E-state index contributed by atoms with van der Waals surface area (Å²) in [7, 11) is 3.94. The van der Waals surface area contributed by atoms with E-state index in [1.54, 1.807) is 0 Å². The maximum Gasteiger partial charge on any atom is 0.330 e. The van der Waals surface area contributed by atoms with Gasteiger partial charge in [-0.2, -0.15) is 0 Å². The van der Waals surface area contributed by atoms with Crippen LogP contribution in [0, 0.1) is 17.8 Å². The van der Waals surface area contributed by atoms with Gasteiger partial charge in [-0.05, 0) is 119 Å². The van der Waals surface area contributed by atoms with Crippen molar-refractivity contribution in [2.45, 2.75) is 247 Å². The second-order valence-electron chi connectivity index (χ2n) is 21.4. The fraction of sp³-hybridized carbons (Fsp3) is 0.898. The van der Waals surface area contributed by atoms with Crippen molar-refractivity contribution < 1.29 is 69.0 Å². The Kier molecular flexibility index (Phi) is 18.2. The lowest BCUT2D eigenvalue weighted by molar-refractivity contribution is -0.352. The minimum absolute atomic E-state index is 0.0790. The molecule has 0 amide bonds. The van der Waals surface area contributed by atoms with Crippen LogP contribution < -0.4 is 0 Å². The summed E-state index contributed by atoms with van der Waals surface area (Å²) >= 11 is 0. The van der Waals surface area contributed by atoms with Crippen LogP contribution in [-0.2, 0) is 33.2 Å². The molecule has 0 saturated carbocycles. The SMILES string of the molecule is CC[C@H](O)C[C@@H]1CCC[C@]2(C[C@@H]3OC(=O)/C=C/[C@](C)(O)[C@H](O)[C@H](C)[C@@H](O)[C@@H](O[C@H]4CC[C@@H](N(C)C)[C@H](C)O4)[C@@H](O)[C@@](C)(O)CCCCC/C=C/[C@H]4CC(C)(C)O[C@]4(O)C[C@@H](O2)[C@H]3C)O1. The van der Waals surface area contributed by atoms with Gasteiger partial charge in [0, 0.05) is 49.1 Å². The smallest absolute Gasteiger partial charge is 0.330 e. The Morgan fingerprint density at radius 3 is 2.25 bits per heavy atom. The first-order valence-electron chi connectivity index (χ1n) is 24.3. The molecule has 1 spiro atoms. The lowest BCUT2D eigenvalue weighted by Crippen LogP contribution is -2.58. The topological polar surface area (TPSA) is 217 Å². The highest BCUT2D eigenvalue weighted by atomic mass is 16.7. The number of carbonyl (C=O) groups excluding carboxylic acids is 1. The number of allylic oxidation sites excluding steroid dienone is 1. The number of carbonyl (C=O) groups is 1. The van der Waals surface area contributed by atoms with E-state index in [0.717, 1.165) is 44.3 Å². The maximum absolute atomic E-state index is 13.8. The number of ether oxygens (including phenoxy) is 6. The lowest BCUT2D eigenvalue weighted by Gasteiger charge is -2.51. The molecule has 15 heteroatoms. The third-order valence-electron chi connectivity index (χ3n) is 15.0. The summed E-state index contributed by atoms with van der Waals surface area (Å²) in [5.41, 5.74) is -4.43. The van der Waals surface area contributed by atoms with Crippen LogP contribution in [0.2, 0.25) is 0 Å². The van der Waals surface area contributed by atoms with Crippen molar-refractivity contribution >= 4 is 5.97 Å². The van der Waals surface area contributed by atoms with Crippen LogP contribution in [0.3, 0.4) is 0 Å². The molecule has 15 nitrogen and oxygen atoms in total. The minimum Gasteiger partial charge on any atom is -0.459 e. The van der Waals surface area contributed by atoms with Crippen molar-refractivity contribution in [3.63, 3.8) is 0 Å². The average Bonchev–Trinajstić information content (AvgIpc) is 3.45. The van der Waals surface area contributed by atoms with Crippen LogP contribution in [0.4, 0.5) is 0 Å². The first-order valence-corrected chi connectivity index (χ1v) is 24.3. The Morgan fingerprint density at radius 1 is 0.859 bits per heavy atom. The molecule has 0 aliphatic carbocycles. The van der Waals surface area contributed by atoms with Gasteiger partial charge in [0.05, 0.1) is 47.8 Å². The number of hydrogen-bond donors (Lipinski definition) is 7. The predicted molar refractivity (Wildman–Crippen MR) is 239 cm³/mol. The molecule has 0 aromatic carbocycles. The van der Waals surface area contributed by atoms with Crippen molar-refractivity contribution in [2.24, 2.45) is 17.8 Å². The number of likely N-dealkylation sites (N-methyl/N-ethyl adjacent to an activating group) is 1. The van der Waals surface area contributed by atoms with Gasteiger partial charge in [-0.15, -0.1) is 0 Å². The molecule has 0 aromatic rings. The van der Waals surface area contributed by atoms with Gasteiger partial charge in [-0.1, -0.05) is 45.8 Å². The standard InChI is InChI=1S/C49H85NO14/c1-11-34(51)26-35-19-17-24-48(62-35)28-37-30(2)38(63-48)29-49(58)33(27-45(5,6)64-49)18-15-13-12-14-16-23-46(7,56)44(55)42(61-40-21-20-36(50(9)10)32(4)59-40)41(53)31(3)43(54)47(8,57)25-22-39(52)60-37/h15,18,22,25,30-38,40-44,51,53-58H,11-14,16-17,19-21,23-24,26-29H2,1-10H3/b18-15+,25-22+/t30-,31+,32-,33-,34-,35-,36+,37-,38+,40-,41+,42+,43+,44+,46-,47-,48-,49+/m0/s1. The zero-order valence-electron chi connectivity index (χ0n) is 40.4. The molecule has 18 atom stereocenters. The van der Waals surface area contributed by atoms with Gasteiger partial charge in [-0.3, -0.25) is 0 Å². The first kappa shape index (κ1) is 53.4. The molecule has 4 fully saturated rings. The quantitative estimate of drug-likeness (QED) is 0.141. The van der Waals surface area contributed by atoms with E-state index in [-0.39, 0.29) is 43.4 Å². The summed E-state index contributed by atoms with van der Waals surface area (Å²) < 4.78 is 38.7. The van der Waals surface area contributed by atoms with E-state index in [1.165, 1.54) is 20.8 Å². The van der Waals surface area contributed by atoms with E-state index in [2.05, 4.69) is 11.0 Å². The van der Waals surface area contributed by atoms with E-state index in [9.17, 15) is 40.5 Å². The normalized spacial score (nSPS) is 47.3. The summed E-state index contributed by atoms with van der Waals surface area (Å²) in [5.74, 6) is -5.49. The molecule has 64 heavy (non-hydrogen) atoms. The van der Waals surface area contributed by atoms with E-state index in [0.29, 0.717) is 44.9 Å². The zero-order valence-corrected chi connectivity index (χ0v) is 40.4. The highest BCUT2D eigenvalue weighted by Gasteiger charge is 2.56. The zero-order chi connectivity index (χ0) is 47.4. The first-order chi connectivity index (χ1) is 29.8. The Balaban J connectivity index is 1.45. The van der Waals surface area contributed by atoms with E-state index in [4.69, 9.17) is 28.4 Å². The molecular formula is C49H85NO14. The van der Waals surface area contributed by atoms with Crippen LogP contribution in [0.15, 0.2) is 24.3 Å². The van der Waals surface area contributed by atoms with Gasteiger partial charge < -0.3 is 69.1 Å². The predicted octanol–water partition coefficient (Wildman–Crippen LogP) is 4.78. The number of hydrogen-bond acceptors (Lipinski definition) is 15. The fourth-order valence-electron chi connectivity index (χ4n) is 10.9. The number of aliphatic hydroxyl groups is 7. The summed E-state index contributed by atoms with van der Waals surface area (Å²) in [4.78, 5) is 15.8. The van der Waals surface area contributed by atoms with Crippen molar-refractivity contribution in [1.29, 1.82) is 0 Å². The van der Waals surface area contributed by atoms with Crippen LogP contribution in [-0.4, -0.2) is 156 Å². The molecule has 7 N–H and O–H groups in total. The van der Waals surface area contributed by atoms with Crippen molar-refractivity contribution in [1.82, 2.24) is 4.90 Å². The third kappa shape index (κ3) is 13.4. The molecule has 5 rings (SSSR count). The van der Waals surface area contributed by atoms with Crippen LogP contribution in [0.1, 0.15) is 152 Å². The monoisotopic (exact) mass is 912 g/mol. The Hall–Kier alpha value is -1.57. The molecule has 4 saturated heterocycles. The summed E-state index contributed by atoms with van der Waals surface area (Å²) in [6, 6.07) is 0.128. The van der Waals surface area contributed by atoms with E-state index in [1.807, 2.05) is 54.8 Å². The number of esters is 1. The van der Waals surface area contributed by atoms with Crippen LogP contribution in [0.5, 0.6) is 0 Å². The fourth-order valence-corrected chi connectivity index (χ4v) is 10.9. The van der Waals surface area contributed by atoms with Crippen molar-refractivity contribution in [3.05, 3.63) is 24.3 Å². The van der Waals surface area contributed by atoms with Gasteiger partial charge in [0.1, 0.15) is 23.9 Å². The second kappa shape index (κ2) is 21.8. The van der Waals surface area contributed by atoms with Crippen molar-refractivity contribution in [2.75, 3.05) is 14.1 Å². The molecule has 5 aliphatic rings. The van der Waals surface area contributed by atoms with Gasteiger partial charge in [0.25, 0.3) is 0 Å². The summed E-state index contributed by atoms with van der Waals surface area (Å²) in [5, 5.41) is 81.8. The number of rotatable bonds is 6. The van der Waals surface area contributed by atoms with E-state index < -0.39 is 95.2 Å². The van der Waals surface area contributed by atoms with Gasteiger partial charge in [0.2, 0.25) is 0 Å². The third-order valence-corrected chi connectivity index (χ3v) is 15.0. The molecule has 0 aromatic heterocycles. The largest absolute Gasteiger partial charge is 0.459 e. The van der Waals surface area contributed by atoms with E-state index >= 15 is 0 Å². The van der Waals surface area contributed by atoms with Crippen LogP contribution in [0.25, 0.3) is 0 Å². The molecular weight excluding hydrogens is 827 g/mol. The van der Waals surface area contributed by atoms with Gasteiger partial charge in [-0.25, -0.2) is 4.79 Å². The minimum atomic E-state index is -2.08. The number of fused-ring (bicyclic) bond motifs is 3. The molecule has 5 heterocycles. The Morgan fingerprint density at radius 2 is 1.58 bits per heavy atom. The van der Waals surface area contributed by atoms with Crippen molar-refractivity contribution in [3.8, 4) is 0 Å². The van der Waals surface area contributed by atoms with Crippen LogP contribution >= 0.6 is 0 Å². The molecule has 0 radical (unpaired) electrons. The molecule has 0 unspecified atom stereocenters. The summed E-state index contributed by atoms with van der Waals surface area (Å²) in [6.07, 6.45) is 4.66. The van der Waals surface area contributed by atoms with Gasteiger partial charge in [0.15, 0.2) is 17.9 Å². The summed E-state index contributed by atoms with van der Waals surface area (Å²) in [6.45, 7) is 14.0. The maximum atomic E-state index is 13.8. The lowest BCUT2D eigenvalue weighted by atomic mass is 9.79. The second-order valence-corrected chi connectivity index (χ2v) is 21.4. The molecule has 2 bridgehead atoms. The molecule has 370 valence electrons. The Bertz CT molecular complexity index is 1550. The Labute approximate surface area is 382 Å². The number of aliphatic hydroxyl groups excluding tert-OH is 4. The number of nitrogens with zero attached hydrogens (tertiary/aromatic N) is 1. The van der Waals surface area contributed by atoms with Gasteiger partial charge >= 0.3 is 5.97 Å². The molecule has 5 aliphatic heterocycles. The average molecular weight is 912 g/mol. The highest BCUT2D eigenvalue weighted by Crippen LogP contribution is 2.49. The highest BCUT2D eigenvalue weighted by molar-refractivity contribution is 5.82.